The second-order valence-electron chi connectivity index (χ2n) is 6.08. The zero-order valence-corrected chi connectivity index (χ0v) is 11.7. The van der Waals surface area contributed by atoms with E-state index >= 15 is 0 Å². The van der Waals surface area contributed by atoms with E-state index in [2.05, 4.69) is 19.2 Å². The van der Waals surface area contributed by atoms with Crippen molar-refractivity contribution in [2.45, 2.75) is 52.7 Å². The first-order valence-corrected chi connectivity index (χ1v) is 6.51. The van der Waals surface area contributed by atoms with E-state index in [-0.39, 0.29) is 6.09 Å². The van der Waals surface area contributed by atoms with Gasteiger partial charge in [-0.3, -0.25) is 0 Å². The number of rotatable bonds is 1. The SMILES string of the molecule is CC(C)[C@H]1CN(C(=O)OC(C)(C)C)CCCN1. The van der Waals surface area contributed by atoms with Crippen LogP contribution >= 0.6 is 0 Å². The summed E-state index contributed by atoms with van der Waals surface area (Å²) in [6.45, 7) is 12.6. The van der Waals surface area contributed by atoms with Crippen molar-refractivity contribution in [2.75, 3.05) is 19.6 Å². The number of nitrogens with one attached hydrogen (secondary N) is 1. The molecule has 0 aromatic carbocycles. The lowest BCUT2D eigenvalue weighted by atomic mass is 10.0. The highest BCUT2D eigenvalue weighted by atomic mass is 16.6. The van der Waals surface area contributed by atoms with Crippen LogP contribution in [0.25, 0.3) is 0 Å². The van der Waals surface area contributed by atoms with Crippen molar-refractivity contribution in [3.05, 3.63) is 0 Å². The molecule has 1 heterocycles. The number of nitrogens with zero attached hydrogens (tertiary/aromatic N) is 1. The van der Waals surface area contributed by atoms with Crippen molar-refractivity contribution >= 4 is 6.09 Å². The molecule has 1 amide bonds. The Morgan fingerprint density at radius 1 is 1.41 bits per heavy atom. The van der Waals surface area contributed by atoms with Crippen molar-refractivity contribution in [3.63, 3.8) is 0 Å². The van der Waals surface area contributed by atoms with Gasteiger partial charge >= 0.3 is 6.09 Å². The molecule has 0 unspecified atom stereocenters. The minimum Gasteiger partial charge on any atom is -0.444 e. The summed E-state index contributed by atoms with van der Waals surface area (Å²) < 4.78 is 5.42. The number of hydrogen-bond donors (Lipinski definition) is 1. The number of hydrogen-bond acceptors (Lipinski definition) is 3. The van der Waals surface area contributed by atoms with Gasteiger partial charge in [0.15, 0.2) is 0 Å². The van der Waals surface area contributed by atoms with Gasteiger partial charge in [0.05, 0.1) is 0 Å². The van der Waals surface area contributed by atoms with Gasteiger partial charge in [-0.25, -0.2) is 4.79 Å². The van der Waals surface area contributed by atoms with E-state index in [0.717, 1.165) is 26.1 Å². The minimum absolute atomic E-state index is 0.188. The molecule has 1 N–H and O–H groups in total. The zero-order valence-electron chi connectivity index (χ0n) is 11.7. The van der Waals surface area contributed by atoms with Gasteiger partial charge in [0.25, 0.3) is 0 Å². The Kier molecular flexibility index (Phi) is 4.80. The van der Waals surface area contributed by atoms with E-state index < -0.39 is 5.60 Å². The molecule has 1 saturated heterocycles. The molecular weight excluding hydrogens is 216 g/mol. The number of carbonyl (C=O) groups excluding carboxylic acids is 1. The summed E-state index contributed by atoms with van der Waals surface area (Å²) in [6, 6.07) is 0.366. The standard InChI is InChI=1S/C13H26N2O2/c1-10(2)11-9-15(8-6-7-14-11)12(16)17-13(3,4)5/h10-11,14H,6-9H2,1-5H3/t11-/m1/s1. The van der Waals surface area contributed by atoms with Gasteiger partial charge in [-0.15, -0.1) is 0 Å². The molecule has 0 aromatic rings. The molecule has 0 saturated carbocycles. The third-order valence-corrected chi connectivity index (χ3v) is 2.88. The molecule has 0 spiro atoms. The average Bonchev–Trinajstić information content (AvgIpc) is 2.39. The molecule has 0 radical (unpaired) electrons. The number of carbonyl (C=O) groups is 1. The van der Waals surface area contributed by atoms with Gasteiger partial charge in [0, 0.05) is 19.1 Å². The van der Waals surface area contributed by atoms with Crippen LogP contribution in [-0.4, -0.2) is 42.3 Å². The molecule has 4 nitrogen and oxygen atoms in total. The van der Waals surface area contributed by atoms with Crippen LogP contribution in [0, 0.1) is 5.92 Å². The zero-order chi connectivity index (χ0) is 13.1. The molecule has 1 atom stereocenters. The van der Waals surface area contributed by atoms with E-state index in [1.165, 1.54) is 0 Å². The normalized spacial score (nSPS) is 22.5. The lowest BCUT2D eigenvalue weighted by Crippen LogP contribution is -2.45. The molecule has 1 aliphatic heterocycles. The van der Waals surface area contributed by atoms with E-state index in [9.17, 15) is 4.79 Å². The summed E-state index contributed by atoms with van der Waals surface area (Å²) in [4.78, 5) is 13.8. The van der Waals surface area contributed by atoms with E-state index in [4.69, 9.17) is 4.74 Å². The second-order valence-corrected chi connectivity index (χ2v) is 6.08. The van der Waals surface area contributed by atoms with Crippen molar-refractivity contribution in [1.29, 1.82) is 0 Å². The maximum atomic E-state index is 12.0. The minimum atomic E-state index is -0.413. The van der Waals surface area contributed by atoms with Gasteiger partial charge in [-0.1, -0.05) is 13.8 Å². The predicted octanol–water partition coefficient (Wildman–Crippen LogP) is 2.24. The van der Waals surface area contributed by atoms with Crippen LogP contribution in [0.5, 0.6) is 0 Å². The Hall–Kier alpha value is -0.770. The summed E-state index contributed by atoms with van der Waals surface area (Å²) in [5.74, 6) is 0.526. The molecule has 1 aliphatic rings. The fraction of sp³-hybridized carbons (Fsp3) is 0.923. The Morgan fingerprint density at radius 3 is 2.59 bits per heavy atom. The van der Waals surface area contributed by atoms with E-state index in [1.54, 1.807) is 0 Å². The van der Waals surface area contributed by atoms with Crippen molar-refractivity contribution in [1.82, 2.24) is 10.2 Å². The van der Waals surface area contributed by atoms with Crippen LogP contribution in [0.4, 0.5) is 4.79 Å². The number of amides is 1. The first-order valence-electron chi connectivity index (χ1n) is 6.51. The van der Waals surface area contributed by atoms with Crippen LogP contribution in [0.1, 0.15) is 41.0 Å². The van der Waals surface area contributed by atoms with Crippen molar-refractivity contribution in [2.24, 2.45) is 5.92 Å². The maximum Gasteiger partial charge on any atom is 0.410 e. The molecule has 1 rings (SSSR count). The van der Waals surface area contributed by atoms with E-state index in [1.807, 2.05) is 25.7 Å². The number of ether oxygens (including phenoxy) is 1. The Bertz CT molecular complexity index is 259. The second kappa shape index (κ2) is 5.71. The quantitative estimate of drug-likeness (QED) is 0.766. The van der Waals surface area contributed by atoms with Gasteiger partial charge < -0.3 is 15.0 Å². The summed E-state index contributed by atoms with van der Waals surface area (Å²) in [5, 5.41) is 3.48. The van der Waals surface area contributed by atoms with Crippen LogP contribution in [0.15, 0.2) is 0 Å². The third-order valence-electron chi connectivity index (χ3n) is 2.88. The topological polar surface area (TPSA) is 41.6 Å². The summed E-state index contributed by atoms with van der Waals surface area (Å²) in [7, 11) is 0. The Morgan fingerprint density at radius 2 is 2.06 bits per heavy atom. The molecule has 0 bridgehead atoms. The highest BCUT2D eigenvalue weighted by Gasteiger charge is 2.27. The van der Waals surface area contributed by atoms with Crippen LogP contribution in [0.3, 0.4) is 0 Å². The lowest BCUT2D eigenvalue weighted by Gasteiger charge is -2.29. The molecule has 1 fully saturated rings. The van der Waals surface area contributed by atoms with E-state index in [0.29, 0.717) is 12.0 Å². The van der Waals surface area contributed by atoms with Gasteiger partial charge in [0.2, 0.25) is 0 Å². The largest absolute Gasteiger partial charge is 0.444 e. The van der Waals surface area contributed by atoms with Crippen molar-refractivity contribution < 1.29 is 9.53 Å². The summed E-state index contributed by atoms with van der Waals surface area (Å²) in [6.07, 6.45) is 0.800. The molecule has 17 heavy (non-hydrogen) atoms. The lowest BCUT2D eigenvalue weighted by molar-refractivity contribution is 0.0240. The van der Waals surface area contributed by atoms with Crippen LogP contribution in [-0.2, 0) is 4.74 Å². The highest BCUT2D eigenvalue weighted by Crippen LogP contribution is 2.14. The fourth-order valence-corrected chi connectivity index (χ4v) is 1.89. The Balaban J connectivity index is 2.59. The maximum absolute atomic E-state index is 12.0. The van der Waals surface area contributed by atoms with Crippen LogP contribution in [0.2, 0.25) is 0 Å². The average molecular weight is 242 g/mol. The van der Waals surface area contributed by atoms with Crippen LogP contribution < -0.4 is 5.32 Å². The molecule has 4 heteroatoms. The first kappa shape index (κ1) is 14.3. The Labute approximate surface area is 105 Å². The van der Waals surface area contributed by atoms with Gasteiger partial charge in [-0.05, 0) is 39.7 Å². The van der Waals surface area contributed by atoms with Gasteiger partial charge in [0.1, 0.15) is 5.60 Å². The fourth-order valence-electron chi connectivity index (χ4n) is 1.89. The van der Waals surface area contributed by atoms with Crippen molar-refractivity contribution in [3.8, 4) is 0 Å². The third kappa shape index (κ3) is 4.94. The molecule has 100 valence electrons. The molecule has 0 aromatic heterocycles. The molecule has 0 aliphatic carbocycles. The first-order chi connectivity index (χ1) is 7.79. The highest BCUT2D eigenvalue weighted by molar-refractivity contribution is 5.68. The van der Waals surface area contributed by atoms with Gasteiger partial charge in [-0.2, -0.15) is 0 Å². The monoisotopic (exact) mass is 242 g/mol. The molecular formula is C13H26N2O2. The summed E-state index contributed by atoms with van der Waals surface area (Å²) >= 11 is 0. The summed E-state index contributed by atoms with van der Waals surface area (Å²) in [5.41, 5.74) is -0.413. The predicted molar refractivity (Wildman–Crippen MR) is 69.1 cm³/mol. The smallest absolute Gasteiger partial charge is 0.410 e.